The van der Waals surface area contributed by atoms with E-state index < -0.39 is 0 Å². The topological polar surface area (TPSA) is 134 Å². The van der Waals surface area contributed by atoms with Crippen molar-refractivity contribution in [3.8, 4) is 26.9 Å². The molecule has 0 bridgehead atoms. The van der Waals surface area contributed by atoms with Crippen molar-refractivity contribution >= 4 is 51.2 Å². The van der Waals surface area contributed by atoms with Gasteiger partial charge in [0.25, 0.3) is 5.91 Å². The van der Waals surface area contributed by atoms with Crippen molar-refractivity contribution in [2.75, 3.05) is 50.7 Å². The minimum Gasteiger partial charge on any atom is -0.497 e. The van der Waals surface area contributed by atoms with Gasteiger partial charge in [-0.05, 0) is 63.8 Å². The fraction of sp³-hybridized carbons (Fsp3) is 0.310. The lowest BCUT2D eigenvalue weighted by atomic mass is 10.1. The Morgan fingerprint density at radius 3 is 2.61 bits per heavy atom. The zero-order chi connectivity index (χ0) is 29.2. The van der Waals surface area contributed by atoms with Gasteiger partial charge >= 0.3 is 6.03 Å². The highest BCUT2D eigenvalue weighted by Gasteiger charge is 2.17. The van der Waals surface area contributed by atoms with Crippen molar-refractivity contribution in [2.45, 2.75) is 25.7 Å². The number of carbonyl (C=O) groups excluding carboxylic acids is 2. The van der Waals surface area contributed by atoms with Crippen LogP contribution < -0.4 is 26.4 Å². The molecule has 0 aliphatic rings. The van der Waals surface area contributed by atoms with Crippen LogP contribution in [0.15, 0.2) is 53.9 Å². The van der Waals surface area contributed by atoms with Crippen molar-refractivity contribution in [1.29, 1.82) is 0 Å². The standard InChI is InChI=1S/C29H35N7O3S2/c1-36(2)15-7-5-4-6-14-31-28(38)35-29-34-25(30)24(41-29)27-33-23(18-40-27)19-10-8-12-21(16-19)32-26(37)20-11-9-13-22(17-20)39-3/h8-13,16-18H,4-7,14-15,30H2,1-3H3,(H,32,37)(H2,31,34,35,38). The Morgan fingerprint density at radius 2 is 1.80 bits per heavy atom. The molecule has 4 aromatic rings. The van der Waals surface area contributed by atoms with E-state index in [1.807, 2.05) is 29.6 Å². The first-order valence-electron chi connectivity index (χ1n) is 13.3. The van der Waals surface area contributed by atoms with E-state index in [0.717, 1.165) is 43.5 Å². The number of carbonyl (C=O) groups is 2. The maximum absolute atomic E-state index is 12.7. The van der Waals surface area contributed by atoms with Gasteiger partial charge in [-0.15, -0.1) is 11.3 Å². The Kier molecular flexibility index (Phi) is 10.7. The molecule has 12 heteroatoms. The molecule has 0 spiro atoms. The first-order valence-corrected chi connectivity index (χ1v) is 15.0. The number of nitrogens with one attached hydrogen (secondary N) is 3. The minimum atomic E-state index is -0.300. The third-order valence-electron chi connectivity index (χ3n) is 6.14. The lowest BCUT2D eigenvalue weighted by Crippen LogP contribution is -2.29. The summed E-state index contributed by atoms with van der Waals surface area (Å²) in [5.41, 5.74) is 8.91. The number of nitrogens with zero attached hydrogens (tertiary/aromatic N) is 3. The zero-order valence-electron chi connectivity index (χ0n) is 23.4. The van der Waals surface area contributed by atoms with Crippen LogP contribution in [-0.2, 0) is 0 Å². The number of thiazole rings is 2. The zero-order valence-corrected chi connectivity index (χ0v) is 25.0. The summed E-state index contributed by atoms with van der Waals surface area (Å²) in [4.78, 5) is 37.0. The molecule has 3 amide bonds. The Balaban J connectivity index is 1.33. The van der Waals surface area contributed by atoms with Gasteiger partial charge in [0.1, 0.15) is 21.5 Å². The Morgan fingerprint density at radius 1 is 1.00 bits per heavy atom. The molecule has 0 aliphatic carbocycles. The number of hydrogen-bond acceptors (Lipinski definition) is 9. The van der Waals surface area contributed by atoms with Crippen LogP contribution in [0.3, 0.4) is 0 Å². The van der Waals surface area contributed by atoms with Crippen LogP contribution in [0, 0.1) is 0 Å². The number of hydrogen-bond donors (Lipinski definition) is 4. The highest BCUT2D eigenvalue weighted by molar-refractivity contribution is 7.23. The number of urea groups is 1. The average Bonchev–Trinajstić information content (AvgIpc) is 3.59. The van der Waals surface area contributed by atoms with E-state index in [2.05, 4.69) is 39.9 Å². The summed E-state index contributed by atoms with van der Waals surface area (Å²) in [6, 6.07) is 14.2. The molecule has 0 saturated heterocycles. The van der Waals surface area contributed by atoms with E-state index in [1.165, 1.54) is 22.7 Å². The van der Waals surface area contributed by atoms with Gasteiger partial charge in [0.15, 0.2) is 5.13 Å². The number of methoxy groups -OCH3 is 1. The number of nitrogens with two attached hydrogens (primary N) is 1. The molecule has 5 N–H and O–H groups in total. The molecule has 0 atom stereocenters. The molecule has 4 rings (SSSR count). The number of anilines is 3. The van der Waals surface area contributed by atoms with Crippen LogP contribution in [0.5, 0.6) is 5.75 Å². The Labute approximate surface area is 248 Å². The van der Waals surface area contributed by atoms with Gasteiger partial charge < -0.3 is 26.0 Å². The van der Waals surface area contributed by atoms with Crippen LogP contribution in [0.4, 0.5) is 21.4 Å². The predicted molar refractivity (Wildman–Crippen MR) is 168 cm³/mol. The second-order valence-electron chi connectivity index (χ2n) is 9.64. The smallest absolute Gasteiger partial charge is 0.321 e. The normalized spacial score (nSPS) is 10.9. The van der Waals surface area contributed by atoms with Crippen molar-refractivity contribution in [1.82, 2.24) is 20.2 Å². The maximum atomic E-state index is 12.7. The molecule has 10 nitrogen and oxygen atoms in total. The Bertz CT molecular complexity index is 1470. The lowest BCUT2D eigenvalue weighted by molar-refractivity contribution is 0.102. The molecule has 41 heavy (non-hydrogen) atoms. The monoisotopic (exact) mass is 593 g/mol. The number of aromatic nitrogens is 2. The van der Waals surface area contributed by atoms with Crippen LogP contribution >= 0.6 is 22.7 Å². The molecular weight excluding hydrogens is 558 g/mol. The highest BCUT2D eigenvalue weighted by atomic mass is 32.1. The molecule has 216 valence electrons. The average molecular weight is 594 g/mol. The van der Waals surface area contributed by atoms with Gasteiger partial charge in [-0.1, -0.05) is 42.4 Å². The molecule has 2 aromatic carbocycles. The summed E-state index contributed by atoms with van der Waals surface area (Å²) in [5, 5.41) is 11.6. The molecule has 0 aliphatic heterocycles. The number of rotatable bonds is 13. The second-order valence-corrected chi connectivity index (χ2v) is 11.5. The van der Waals surface area contributed by atoms with Gasteiger partial charge in [0.2, 0.25) is 0 Å². The summed E-state index contributed by atoms with van der Waals surface area (Å²) in [6.07, 6.45) is 4.31. The Hall–Kier alpha value is -4.00. The predicted octanol–water partition coefficient (Wildman–Crippen LogP) is 6.02. The van der Waals surface area contributed by atoms with Gasteiger partial charge in [-0.3, -0.25) is 10.1 Å². The van der Waals surface area contributed by atoms with E-state index in [1.54, 1.807) is 31.4 Å². The van der Waals surface area contributed by atoms with Crippen molar-refractivity contribution in [3.05, 3.63) is 59.5 Å². The summed E-state index contributed by atoms with van der Waals surface area (Å²) >= 11 is 2.72. The summed E-state index contributed by atoms with van der Waals surface area (Å²) in [7, 11) is 5.71. The van der Waals surface area contributed by atoms with Crippen LogP contribution in [-0.4, -0.2) is 61.1 Å². The number of amides is 3. The highest BCUT2D eigenvalue weighted by Crippen LogP contribution is 2.38. The van der Waals surface area contributed by atoms with E-state index in [9.17, 15) is 9.59 Å². The van der Waals surface area contributed by atoms with E-state index in [4.69, 9.17) is 15.5 Å². The number of ether oxygens (including phenoxy) is 1. The van der Waals surface area contributed by atoms with E-state index in [0.29, 0.717) is 44.4 Å². The van der Waals surface area contributed by atoms with Crippen LogP contribution in [0.2, 0.25) is 0 Å². The maximum Gasteiger partial charge on any atom is 0.321 e. The van der Waals surface area contributed by atoms with E-state index >= 15 is 0 Å². The fourth-order valence-electron chi connectivity index (χ4n) is 4.02. The second kappa shape index (κ2) is 14.6. The first-order chi connectivity index (χ1) is 19.8. The van der Waals surface area contributed by atoms with Gasteiger partial charge in [-0.25, -0.2) is 14.8 Å². The van der Waals surface area contributed by atoms with Crippen LogP contribution in [0.25, 0.3) is 21.1 Å². The molecule has 2 heterocycles. The van der Waals surface area contributed by atoms with Crippen molar-refractivity contribution in [3.63, 3.8) is 0 Å². The summed E-state index contributed by atoms with van der Waals surface area (Å²) in [5.74, 6) is 0.692. The molecular formula is C29H35N7O3S2. The first kappa shape index (κ1) is 30.0. The molecule has 0 radical (unpaired) electrons. The van der Waals surface area contributed by atoms with Gasteiger partial charge in [0.05, 0.1) is 12.8 Å². The van der Waals surface area contributed by atoms with E-state index in [-0.39, 0.29) is 11.9 Å². The summed E-state index contributed by atoms with van der Waals surface area (Å²) < 4.78 is 5.21. The minimum absolute atomic E-state index is 0.235. The largest absolute Gasteiger partial charge is 0.497 e. The summed E-state index contributed by atoms with van der Waals surface area (Å²) in [6.45, 7) is 1.69. The quantitative estimate of drug-likeness (QED) is 0.139. The van der Waals surface area contributed by atoms with Crippen molar-refractivity contribution < 1.29 is 14.3 Å². The molecule has 0 saturated carbocycles. The SMILES string of the molecule is COc1cccc(C(=O)Nc2cccc(-c3csc(-c4sc(NC(=O)NCCCCCCN(C)C)nc4N)n3)c2)c1. The number of benzene rings is 2. The third-order valence-corrected chi connectivity index (χ3v) is 8.12. The number of nitrogen functional groups attached to an aromatic ring is 1. The fourth-order valence-corrected chi connectivity index (χ4v) is 5.83. The van der Waals surface area contributed by atoms with Gasteiger partial charge in [0, 0.05) is 28.7 Å². The molecule has 0 unspecified atom stereocenters. The van der Waals surface area contributed by atoms with Crippen LogP contribution in [0.1, 0.15) is 36.0 Å². The third kappa shape index (κ3) is 8.74. The lowest BCUT2D eigenvalue weighted by Gasteiger charge is -2.09. The van der Waals surface area contributed by atoms with Crippen molar-refractivity contribution in [2.24, 2.45) is 0 Å². The molecule has 2 aromatic heterocycles. The number of unbranched alkanes of at least 4 members (excludes halogenated alkanes) is 3. The van der Waals surface area contributed by atoms with Gasteiger partial charge in [-0.2, -0.15) is 0 Å². The molecule has 0 fully saturated rings.